The molecule has 0 amide bonds. The van der Waals surface area contributed by atoms with Crippen molar-refractivity contribution in [2.75, 3.05) is 0 Å². The van der Waals surface area contributed by atoms with E-state index >= 15 is 0 Å². The second-order valence-electron chi connectivity index (χ2n) is 4.56. The Morgan fingerprint density at radius 3 is 2.44 bits per heavy atom. The van der Waals surface area contributed by atoms with Gasteiger partial charge in [0.1, 0.15) is 6.10 Å². The summed E-state index contributed by atoms with van der Waals surface area (Å²) in [4.78, 5) is 1.08. The fourth-order valence-corrected chi connectivity index (χ4v) is 3.19. The average Bonchev–Trinajstić information content (AvgIpc) is 2.87. The van der Waals surface area contributed by atoms with Gasteiger partial charge in [-0.05, 0) is 41.0 Å². The van der Waals surface area contributed by atoms with Crippen LogP contribution in [0.5, 0.6) is 0 Å². The van der Waals surface area contributed by atoms with Gasteiger partial charge in [-0.3, -0.25) is 0 Å². The van der Waals surface area contributed by atoms with Gasteiger partial charge >= 0.3 is 0 Å². The third kappa shape index (κ3) is 2.82. The summed E-state index contributed by atoms with van der Waals surface area (Å²) in [7, 11) is 0. The molecule has 0 radical (unpaired) electrons. The van der Waals surface area contributed by atoms with Crippen molar-refractivity contribution in [2.45, 2.75) is 39.2 Å². The first-order valence-corrected chi connectivity index (χ1v) is 7.47. The van der Waals surface area contributed by atoms with E-state index in [0.29, 0.717) is 0 Å². The average molecular weight is 260 g/mol. The van der Waals surface area contributed by atoms with E-state index in [1.165, 1.54) is 11.1 Å². The molecule has 0 fully saturated rings. The number of aryl methyl sites for hydroxylation is 2. The first-order valence-electron chi connectivity index (χ1n) is 6.59. The zero-order chi connectivity index (χ0) is 13.0. The van der Waals surface area contributed by atoms with Crippen molar-refractivity contribution in [3.63, 3.8) is 0 Å². The molecule has 0 aliphatic carbocycles. The summed E-state index contributed by atoms with van der Waals surface area (Å²) in [6.45, 7) is 4.31. The van der Waals surface area contributed by atoms with Crippen molar-refractivity contribution in [1.29, 1.82) is 0 Å². The number of hydrogen-bond donors (Lipinski definition) is 1. The molecule has 1 N–H and O–H groups in total. The van der Waals surface area contributed by atoms with Gasteiger partial charge in [0.15, 0.2) is 0 Å². The van der Waals surface area contributed by atoms with Gasteiger partial charge in [-0.15, -0.1) is 11.3 Å². The molecule has 1 unspecified atom stereocenters. The zero-order valence-corrected chi connectivity index (χ0v) is 11.8. The maximum absolute atomic E-state index is 10.4. The lowest BCUT2D eigenvalue weighted by atomic mass is 10.0. The number of hydrogen-bond acceptors (Lipinski definition) is 2. The summed E-state index contributed by atoms with van der Waals surface area (Å²) >= 11 is 1.64. The van der Waals surface area contributed by atoms with E-state index < -0.39 is 6.10 Å². The van der Waals surface area contributed by atoms with Crippen molar-refractivity contribution < 1.29 is 5.11 Å². The van der Waals surface area contributed by atoms with E-state index in [-0.39, 0.29) is 0 Å². The summed E-state index contributed by atoms with van der Waals surface area (Å²) in [5.41, 5.74) is 3.59. The summed E-state index contributed by atoms with van der Waals surface area (Å²) < 4.78 is 0. The van der Waals surface area contributed by atoms with Crippen molar-refractivity contribution in [2.24, 2.45) is 0 Å². The number of thiophene rings is 1. The van der Waals surface area contributed by atoms with Gasteiger partial charge < -0.3 is 5.11 Å². The molecule has 2 heteroatoms. The first-order chi connectivity index (χ1) is 8.76. The lowest BCUT2D eigenvalue weighted by Crippen LogP contribution is -2.00. The molecule has 0 aliphatic heterocycles. The molecular formula is C16H20OS. The van der Waals surface area contributed by atoms with Crippen molar-refractivity contribution in [1.82, 2.24) is 0 Å². The minimum absolute atomic E-state index is 0.476. The molecule has 0 bridgehead atoms. The minimum atomic E-state index is -0.476. The van der Waals surface area contributed by atoms with Gasteiger partial charge in [-0.1, -0.05) is 44.5 Å². The van der Waals surface area contributed by atoms with Crippen LogP contribution in [0.3, 0.4) is 0 Å². The van der Waals surface area contributed by atoms with E-state index in [1.807, 2.05) is 0 Å². The molecule has 1 nitrogen and oxygen atoms in total. The number of benzene rings is 1. The van der Waals surface area contributed by atoms with Crippen LogP contribution < -0.4 is 0 Å². The fourth-order valence-electron chi connectivity index (χ4n) is 2.19. The van der Waals surface area contributed by atoms with Gasteiger partial charge in [-0.2, -0.15) is 0 Å². The molecule has 0 spiro atoms. The normalized spacial score (nSPS) is 12.6. The monoisotopic (exact) mass is 260 g/mol. The highest BCUT2D eigenvalue weighted by molar-refractivity contribution is 7.10. The molecular weight excluding hydrogens is 240 g/mol. The third-order valence-corrected chi connectivity index (χ3v) is 4.26. The molecule has 1 aromatic heterocycles. The quantitative estimate of drug-likeness (QED) is 0.847. The van der Waals surface area contributed by atoms with Gasteiger partial charge in [0.25, 0.3) is 0 Å². The number of rotatable bonds is 5. The second-order valence-corrected chi connectivity index (χ2v) is 5.51. The Balaban J connectivity index is 2.20. The summed E-state index contributed by atoms with van der Waals surface area (Å²) in [6, 6.07) is 10.5. The third-order valence-electron chi connectivity index (χ3n) is 3.24. The van der Waals surface area contributed by atoms with Crippen LogP contribution in [0.15, 0.2) is 35.7 Å². The Labute approximate surface area is 113 Å². The SMILES string of the molecule is CCCc1ccc(C(O)c2sccc2CC)cc1. The first kappa shape index (κ1) is 13.3. The highest BCUT2D eigenvalue weighted by atomic mass is 32.1. The lowest BCUT2D eigenvalue weighted by molar-refractivity contribution is 0.223. The Morgan fingerprint density at radius 2 is 1.83 bits per heavy atom. The predicted molar refractivity (Wildman–Crippen MR) is 78.2 cm³/mol. The van der Waals surface area contributed by atoms with E-state index in [0.717, 1.165) is 29.7 Å². The maximum Gasteiger partial charge on any atom is 0.113 e. The zero-order valence-electron chi connectivity index (χ0n) is 11.0. The van der Waals surface area contributed by atoms with Gasteiger partial charge in [0, 0.05) is 4.88 Å². The largest absolute Gasteiger partial charge is 0.383 e. The van der Waals surface area contributed by atoms with Crippen LogP contribution in [0, 0.1) is 0 Å². The molecule has 2 rings (SSSR count). The van der Waals surface area contributed by atoms with Crippen LogP contribution in [0.2, 0.25) is 0 Å². The van der Waals surface area contributed by atoms with E-state index in [2.05, 4.69) is 49.6 Å². The molecule has 96 valence electrons. The highest BCUT2D eigenvalue weighted by Gasteiger charge is 2.15. The van der Waals surface area contributed by atoms with Crippen LogP contribution in [-0.4, -0.2) is 5.11 Å². The van der Waals surface area contributed by atoms with Gasteiger partial charge in [-0.25, -0.2) is 0 Å². The highest BCUT2D eigenvalue weighted by Crippen LogP contribution is 2.30. The van der Waals surface area contributed by atoms with E-state index in [4.69, 9.17) is 0 Å². The van der Waals surface area contributed by atoms with Crippen LogP contribution >= 0.6 is 11.3 Å². The van der Waals surface area contributed by atoms with Gasteiger partial charge in [0.2, 0.25) is 0 Å². The number of aliphatic hydroxyl groups excluding tert-OH is 1. The smallest absolute Gasteiger partial charge is 0.113 e. The molecule has 0 saturated heterocycles. The van der Waals surface area contributed by atoms with Crippen molar-refractivity contribution in [3.8, 4) is 0 Å². The van der Waals surface area contributed by atoms with E-state index in [9.17, 15) is 5.11 Å². The second kappa shape index (κ2) is 6.17. The maximum atomic E-state index is 10.4. The van der Waals surface area contributed by atoms with Crippen LogP contribution in [0.25, 0.3) is 0 Å². The molecule has 1 aromatic carbocycles. The molecule has 2 aromatic rings. The molecule has 18 heavy (non-hydrogen) atoms. The van der Waals surface area contributed by atoms with Crippen LogP contribution in [0.4, 0.5) is 0 Å². The minimum Gasteiger partial charge on any atom is -0.383 e. The standard InChI is InChI=1S/C16H20OS/c1-3-5-12-6-8-14(9-7-12)15(17)16-13(4-2)10-11-18-16/h6-11,15,17H,3-5H2,1-2H3. The van der Waals surface area contributed by atoms with Crippen molar-refractivity contribution >= 4 is 11.3 Å². The van der Waals surface area contributed by atoms with Crippen LogP contribution in [-0.2, 0) is 12.8 Å². The molecule has 1 heterocycles. The molecule has 0 aliphatic rings. The topological polar surface area (TPSA) is 20.2 Å². The number of aliphatic hydroxyl groups is 1. The van der Waals surface area contributed by atoms with E-state index in [1.54, 1.807) is 11.3 Å². The lowest BCUT2D eigenvalue weighted by Gasteiger charge is -2.12. The Hall–Kier alpha value is -1.12. The fraction of sp³-hybridized carbons (Fsp3) is 0.375. The van der Waals surface area contributed by atoms with Gasteiger partial charge in [0.05, 0.1) is 0 Å². The van der Waals surface area contributed by atoms with Crippen LogP contribution in [0.1, 0.15) is 47.9 Å². The molecule has 0 saturated carbocycles. The van der Waals surface area contributed by atoms with Crippen molar-refractivity contribution in [3.05, 3.63) is 57.3 Å². The predicted octanol–water partition coefficient (Wildman–Crippen LogP) is 4.34. The summed E-state index contributed by atoms with van der Waals surface area (Å²) in [5.74, 6) is 0. The molecule has 1 atom stereocenters. The summed E-state index contributed by atoms with van der Waals surface area (Å²) in [6.07, 6.45) is 2.77. The Kier molecular flexibility index (Phi) is 4.56. The Bertz CT molecular complexity index is 484. The summed E-state index contributed by atoms with van der Waals surface area (Å²) in [5, 5.41) is 12.5. The Morgan fingerprint density at radius 1 is 1.11 bits per heavy atom.